The molecule has 0 aliphatic carbocycles. The summed E-state index contributed by atoms with van der Waals surface area (Å²) in [5.41, 5.74) is -0.206. The van der Waals surface area contributed by atoms with Crippen molar-refractivity contribution in [3.63, 3.8) is 0 Å². The molecule has 8 heteroatoms. The third-order valence-corrected chi connectivity index (χ3v) is 5.07. The second kappa shape index (κ2) is 6.35. The first-order valence-corrected chi connectivity index (χ1v) is 8.38. The summed E-state index contributed by atoms with van der Waals surface area (Å²) in [6, 6.07) is 7.14. The average molecular weight is 359 g/mol. The van der Waals surface area contributed by atoms with Crippen LogP contribution in [0.4, 0.5) is 18.9 Å². The summed E-state index contributed by atoms with van der Waals surface area (Å²) in [7, 11) is -2.57. The Morgan fingerprint density at radius 3 is 2.12 bits per heavy atom. The minimum Gasteiger partial charge on any atom is -0.497 e. The summed E-state index contributed by atoms with van der Waals surface area (Å²) in [6.07, 6.45) is -4.55. The van der Waals surface area contributed by atoms with E-state index in [0.29, 0.717) is 16.9 Å². The number of rotatable bonds is 4. The quantitative estimate of drug-likeness (QED) is 0.893. The van der Waals surface area contributed by atoms with Crippen LogP contribution >= 0.6 is 0 Å². The molecule has 0 fully saturated rings. The smallest absolute Gasteiger partial charge is 0.416 e. The van der Waals surface area contributed by atoms with Gasteiger partial charge < -0.3 is 4.74 Å². The molecule has 0 radical (unpaired) electrons. The lowest BCUT2D eigenvalue weighted by atomic mass is 10.1. The van der Waals surface area contributed by atoms with E-state index < -0.39 is 21.8 Å². The maximum absolute atomic E-state index is 12.7. The van der Waals surface area contributed by atoms with E-state index in [1.54, 1.807) is 26.0 Å². The van der Waals surface area contributed by atoms with Crippen molar-refractivity contribution >= 4 is 15.7 Å². The van der Waals surface area contributed by atoms with Gasteiger partial charge in [0.25, 0.3) is 10.0 Å². The Kier molecular flexibility index (Phi) is 4.80. The van der Waals surface area contributed by atoms with Crippen molar-refractivity contribution in [2.24, 2.45) is 0 Å². The van der Waals surface area contributed by atoms with Gasteiger partial charge in [-0.2, -0.15) is 13.2 Å². The highest BCUT2D eigenvalue weighted by Gasteiger charge is 2.31. The van der Waals surface area contributed by atoms with Gasteiger partial charge in [-0.3, -0.25) is 4.72 Å². The standard InChI is InChI=1S/C16H16F3NO3S/c1-10-7-14(23-3)8-11(2)15(10)24(21,22)20-13-6-4-5-12(9-13)16(17,18)19/h4-9,20H,1-3H3. The highest BCUT2D eigenvalue weighted by Crippen LogP contribution is 2.32. The molecule has 0 atom stereocenters. The summed E-state index contributed by atoms with van der Waals surface area (Å²) in [6.45, 7) is 3.19. The molecule has 0 spiro atoms. The lowest BCUT2D eigenvalue weighted by molar-refractivity contribution is -0.137. The van der Waals surface area contributed by atoms with Gasteiger partial charge in [-0.1, -0.05) is 6.07 Å². The molecular formula is C16H16F3NO3S. The molecule has 0 unspecified atom stereocenters. The number of halogens is 3. The largest absolute Gasteiger partial charge is 0.497 e. The zero-order chi connectivity index (χ0) is 18.1. The van der Waals surface area contributed by atoms with E-state index in [2.05, 4.69) is 4.72 Å². The van der Waals surface area contributed by atoms with Crippen LogP contribution in [0.25, 0.3) is 0 Å². The third kappa shape index (κ3) is 3.81. The Balaban J connectivity index is 2.43. The molecule has 0 aliphatic rings. The molecule has 2 rings (SSSR count). The third-order valence-electron chi connectivity index (χ3n) is 3.38. The molecule has 2 aromatic rings. The van der Waals surface area contributed by atoms with Gasteiger partial charge in [0, 0.05) is 5.69 Å². The molecule has 0 amide bonds. The van der Waals surface area contributed by atoms with Crippen molar-refractivity contribution in [1.82, 2.24) is 0 Å². The molecule has 0 aromatic heterocycles. The van der Waals surface area contributed by atoms with Crippen LogP contribution in [0.2, 0.25) is 0 Å². The normalized spacial score (nSPS) is 12.1. The molecular weight excluding hydrogens is 343 g/mol. The first-order chi connectivity index (χ1) is 11.0. The Hall–Kier alpha value is -2.22. The summed E-state index contributed by atoms with van der Waals surface area (Å²) in [4.78, 5) is 0.0145. The van der Waals surface area contributed by atoms with Gasteiger partial charge in [0.05, 0.1) is 17.6 Å². The molecule has 24 heavy (non-hydrogen) atoms. The number of hydrogen-bond acceptors (Lipinski definition) is 3. The van der Waals surface area contributed by atoms with Gasteiger partial charge in [-0.05, 0) is 55.3 Å². The Labute approximate surface area is 138 Å². The molecule has 130 valence electrons. The van der Waals surface area contributed by atoms with Crippen molar-refractivity contribution in [1.29, 1.82) is 0 Å². The average Bonchev–Trinajstić information content (AvgIpc) is 2.44. The maximum atomic E-state index is 12.7. The van der Waals surface area contributed by atoms with Crippen LogP contribution in [0.5, 0.6) is 5.75 Å². The number of methoxy groups -OCH3 is 1. The van der Waals surface area contributed by atoms with Gasteiger partial charge in [-0.15, -0.1) is 0 Å². The number of aryl methyl sites for hydroxylation is 2. The molecule has 0 saturated heterocycles. The van der Waals surface area contributed by atoms with Crippen molar-refractivity contribution in [3.8, 4) is 5.75 Å². The predicted molar refractivity (Wildman–Crippen MR) is 84.7 cm³/mol. The molecule has 4 nitrogen and oxygen atoms in total. The van der Waals surface area contributed by atoms with Crippen molar-refractivity contribution < 1.29 is 26.3 Å². The molecule has 2 aromatic carbocycles. The lowest BCUT2D eigenvalue weighted by Gasteiger charge is -2.15. The molecule has 0 aliphatic heterocycles. The molecule has 0 bridgehead atoms. The number of ether oxygens (including phenoxy) is 1. The highest BCUT2D eigenvalue weighted by atomic mass is 32.2. The van der Waals surface area contributed by atoms with Crippen LogP contribution in [0.15, 0.2) is 41.3 Å². The Morgan fingerprint density at radius 2 is 1.62 bits per heavy atom. The van der Waals surface area contributed by atoms with Crippen LogP contribution in [0.3, 0.4) is 0 Å². The zero-order valence-corrected chi connectivity index (χ0v) is 14.0. The number of sulfonamides is 1. The fourth-order valence-electron chi connectivity index (χ4n) is 2.42. The van der Waals surface area contributed by atoms with Gasteiger partial charge >= 0.3 is 6.18 Å². The van der Waals surface area contributed by atoms with E-state index in [1.807, 2.05) is 0 Å². The number of anilines is 1. The highest BCUT2D eigenvalue weighted by molar-refractivity contribution is 7.92. The first kappa shape index (κ1) is 18.1. The molecule has 0 heterocycles. The van der Waals surface area contributed by atoms with E-state index in [1.165, 1.54) is 13.2 Å². The fraction of sp³-hybridized carbons (Fsp3) is 0.250. The van der Waals surface area contributed by atoms with Crippen LogP contribution in [0, 0.1) is 13.8 Å². The second-order valence-corrected chi connectivity index (χ2v) is 6.89. The number of hydrogen-bond donors (Lipinski definition) is 1. The monoisotopic (exact) mass is 359 g/mol. The van der Waals surface area contributed by atoms with E-state index in [0.717, 1.165) is 18.2 Å². The van der Waals surface area contributed by atoms with Gasteiger partial charge in [0.1, 0.15) is 5.75 Å². The fourth-order valence-corrected chi connectivity index (χ4v) is 3.92. The summed E-state index contributed by atoms with van der Waals surface area (Å²) in [5, 5.41) is 0. The van der Waals surface area contributed by atoms with E-state index in [9.17, 15) is 21.6 Å². The van der Waals surface area contributed by atoms with Crippen molar-refractivity contribution in [2.45, 2.75) is 24.9 Å². The lowest BCUT2D eigenvalue weighted by Crippen LogP contribution is -2.16. The van der Waals surface area contributed by atoms with Crippen molar-refractivity contribution in [2.75, 3.05) is 11.8 Å². The maximum Gasteiger partial charge on any atom is 0.416 e. The molecule has 1 N–H and O–H groups in total. The topological polar surface area (TPSA) is 55.4 Å². The van der Waals surface area contributed by atoms with E-state index in [-0.39, 0.29) is 10.6 Å². The van der Waals surface area contributed by atoms with Crippen LogP contribution < -0.4 is 9.46 Å². The molecule has 0 saturated carbocycles. The van der Waals surface area contributed by atoms with Crippen LogP contribution in [0.1, 0.15) is 16.7 Å². The summed E-state index contributed by atoms with van der Waals surface area (Å²) < 4.78 is 70.6. The van der Waals surface area contributed by atoms with E-state index >= 15 is 0 Å². The first-order valence-electron chi connectivity index (χ1n) is 6.90. The number of alkyl halides is 3. The number of nitrogens with one attached hydrogen (secondary N) is 1. The van der Waals surface area contributed by atoms with E-state index in [4.69, 9.17) is 4.74 Å². The predicted octanol–water partition coefficient (Wildman–Crippen LogP) is 4.13. The van der Waals surface area contributed by atoms with Gasteiger partial charge in [-0.25, -0.2) is 8.42 Å². The number of benzene rings is 2. The van der Waals surface area contributed by atoms with Crippen LogP contribution in [-0.4, -0.2) is 15.5 Å². The van der Waals surface area contributed by atoms with Gasteiger partial charge in [0.2, 0.25) is 0 Å². The Bertz CT molecular complexity index is 838. The van der Waals surface area contributed by atoms with Crippen LogP contribution in [-0.2, 0) is 16.2 Å². The second-order valence-electron chi connectivity index (χ2n) is 5.27. The summed E-state index contributed by atoms with van der Waals surface area (Å²) >= 11 is 0. The van der Waals surface area contributed by atoms with Gasteiger partial charge in [0.15, 0.2) is 0 Å². The zero-order valence-electron chi connectivity index (χ0n) is 13.2. The Morgan fingerprint density at radius 1 is 1.04 bits per heavy atom. The summed E-state index contributed by atoms with van der Waals surface area (Å²) in [5.74, 6) is 0.503. The minimum absolute atomic E-state index is 0.0145. The minimum atomic E-state index is -4.55. The van der Waals surface area contributed by atoms with Crippen molar-refractivity contribution in [3.05, 3.63) is 53.1 Å². The SMILES string of the molecule is COc1cc(C)c(S(=O)(=O)Nc2cccc(C(F)(F)F)c2)c(C)c1.